The number of aromatic nitrogens is 2. The van der Waals surface area contributed by atoms with Gasteiger partial charge in [0, 0.05) is 45.6 Å². The van der Waals surface area contributed by atoms with Crippen molar-refractivity contribution in [2.24, 2.45) is 11.8 Å². The molecule has 1 aromatic carbocycles. The fourth-order valence-corrected chi connectivity index (χ4v) is 8.54. The van der Waals surface area contributed by atoms with Crippen LogP contribution in [0, 0.1) is 17.2 Å². The lowest BCUT2D eigenvalue weighted by atomic mass is 9.97. The predicted octanol–water partition coefficient (Wildman–Crippen LogP) is -4.85. The van der Waals surface area contributed by atoms with Crippen molar-refractivity contribution in [3.63, 3.8) is 0 Å². The number of nitrogens with one attached hydrogen (secondary N) is 10. The first-order chi connectivity index (χ1) is 34.6. The third kappa shape index (κ3) is 15.2. The zero-order valence-corrected chi connectivity index (χ0v) is 40.9. The molecule has 0 aliphatic carbocycles. The summed E-state index contributed by atoms with van der Waals surface area (Å²) < 4.78 is 24.6. The molecule has 28 nitrogen and oxygen atoms in total. The van der Waals surface area contributed by atoms with E-state index in [4.69, 9.17) is 24.4 Å². The molecular formula is C45H69N11O17. The van der Waals surface area contributed by atoms with E-state index >= 15 is 0 Å². The average Bonchev–Trinajstić information content (AvgIpc) is 3.80. The van der Waals surface area contributed by atoms with E-state index in [0.29, 0.717) is 6.54 Å². The van der Waals surface area contributed by atoms with E-state index in [1.54, 1.807) is 27.7 Å². The highest BCUT2D eigenvalue weighted by Gasteiger charge is 2.54. The number of benzene rings is 1. The number of amides is 4. The quantitative estimate of drug-likeness (QED) is 0.0393. The molecule has 2 aromatic rings. The Bertz CT molecular complexity index is 2310. The van der Waals surface area contributed by atoms with Gasteiger partial charge in [-0.05, 0) is 36.8 Å². The Morgan fingerprint density at radius 1 is 0.863 bits per heavy atom. The van der Waals surface area contributed by atoms with Gasteiger partial charge in [-0.25, -0.2) is 14.4 Å². The molecule has 0 bridgehead atoms. The highest BCUT2D eigenvalue weighted by Crippen LogP contribution is 2.35. The van der Waals surface area contributed by atoms with E-state index in [2.05, 4.69) is 42.5 Å². The van der Waals surface area contributed by atoms with Crippen LogP contribution in [0.15, 0.2) is 52.2 Å². The summed E-state index contributed by atoms with van der Waals surface area (Å²) in [5.74, 6) is -6.00. The minimum atomic E-state index is -1.92. The number of H-pyrrole nitrogens is 1. The van der Waals surface area contributed by atoms with Gasteiger partial charge in [0.2, 0.25) is 11.8 Å². The van der Waals surface area contributed by atoms with Crippen LogP contribution in [-0.2, 0) is 44.7 Å². The van der Waals surface area contributed by atoms with E-state index < -0.39 is 144 Å². The molecule has 5 rings (SSSR count). The minimum absolute atomic E-state index is 0.0205. The normalized spacial score (nSPS) is 26.4. The smallest absolute Gasteiger partial charge is 0.330 e. The van der Waals surface area contributed by atoms with Crippen molar-refractivity contribution < 1.29 is 73.6 Å². The summed E-state index contributed by atoms with van der Waals surface area (Å²) in [7, 11) is 1.27. The lowest BCUT2D eigenvalue weighted by molar-refractivity contribution is -0.231. The number of carbonyl (C=O) groups excluding carboxylic acids is 3. The highest BCUT2D eigenvalue weighted by molar-refractivity contribution is 5.94. The Morgan fingerprint density at radius 2 is 1.56 bits per heavy atom. The standard InChI is InChI=1S/C45H69N11O17/c1-20(2)26(40(64)65)54-44(68)55-27(23-12-16-50-43(46)51-23)38(63)53-28(30(58)21(3)4)37(62)49-15-9-14-48-29(41(66)67)34(35-32(60)33(61)39(72-35)56-17-13-25(57)52-45(56)69)73-42-36(70-5)31(59)24(71-42)19-47-18-22-10-7-6-8-11-22/h6-8,10-11,13,17,20-21,23-24,26-36,39,42,47-48,58-61H,9,12,14-16,18-19H2,1-5H3,(H,49,62)(H,53,63)(H,64,65)(H,66,67)(H3,46,50,51)(H,52,57,69)(H2,54,55,68)/t23?,24-,26?,27?,28?,29?,30?,31+,32+,33-,34?,35+,36-,39-,42-/m1/s1. The van der Waals surface area contributed by atoms with Gasteiger partial charge in [0.05, 0.1) is 12.1 Å². The summed E-state index contributed by atoms with van der Waals surface area (Å²) in [6.45, 7) is 6.64. The number of ether oxygens (including phenoxy) is 4. The zero-order valence-electron chi connectivity index (χ0n) is 40.9. The number of carboxylic acid groups (broad SMARTS) is 2. The number of methoxy groups -OCH3 is 1. The summed E-state index contributed by atoms with van der Waals surface area (Å²) >= 11 is 0. The molecule has 1 aromatic heterocycles. The predicted molar refractivity (Wildman–Crippen MR) is 255 cm³/mol. The van der Waals surface area contributed by atoms with Gasteiger partial charge in [0.15, 0.2) is 18.5 Å². The number of rotatable bonds is 26. The Morgan fingerprint density at radius 3 is 2.18 bits per heavy atom. The van der Waals surface area contributed by atoms with Crippen LogP contribution in [0.3, 0.4) is 0 Å². The SMILES string of the molecule is CO[C@H]1[C@@H](OC(C(NCCCNC(=O)C(NC(=O)C(NC(=O)NC(C(=O)O)C(C)C)C2CCNC(=N)N2)C(O)C(C)C)C(=O)O)[C@H]2O[C@@H](n3ccc(=O)[nH]c3=O)[C@H](O)[C@@H]2O)O[C@H](CNCc2ccccc2)[C@@H]1O. The van der Waals surface area contributed by atoms with Gasteiger partial charge in [0.1, 0.15) is 66.9 Å². The number of aliphatic hydroxyl groups is 4. The third-order valence-electron chi connectivity index (χ3n) is 12.6. The zero-order chi connectivity index (χ0) is 53.7. The minimum Gasteiger partial charge on any atom is -0.480 e. The highest BCUT2D eigenvalue weighted by atomic mass is 16.7. The van der Waals surface area contributed by atoms with E-state index in [1.165, 1.54) is 7.11 Å². The average molecular weight is 1040 g/mol. The molecule has 28 heteroatoms. The molecule has 3 fully saturated rings. The van der Waals surface area contributed by atoms with Crippen LogP contribution in [0.1, 0.15) is 52.3 Å². The molecule has 0 saturated carbocycles. The van der Waals surface area contributed by atoms with Gasteiger partial charge >= 0.3 is 23.7 Å². The largest absolute Gasteiger partial charge is 0.480 e. The van der Waals surface area contributed by atoms with Gasteiger partial charge in [-0.3, -0.25) is 34.1 Å². The van der Waals surface area contributed by atoms with Crippen LogP contribution in [0.5, 0.6) is 0 Å². The Hall–Kier alpha value is -6.08. The number of aliphatic carboxylic acids is 2. The monoisotopic (exact) mass is 1040 g/mol. The molecule has 15 atom stereocenters. The molecular weight excluding hydrogens is 967 g/mol. The maximum Gasteiger partial charge on any atom is 0.330 e. The molecule has 0 spiro atoms. The van der Waals surface area contributed by atoms with Gasteiger partial charge in [-0.2, -0.15) is 0 Å². The van der Waals surface area contributed by atoms with E-state index in [1.807, 2.05) is 35.3 Å². The first-order valence-corrected chi connectivity index (χ1v) is 23.8. The molecule has 3 aliphatic rings. The van der Waals surface area contributed by atoms with Gasteiger partial charge in [-0.15, -0.1) is 0 Å². The molecule has 3 saturated heterocycles. The number of aromatic amines is 1. The first-order valence-electron chi connectivity index (χ1n) is 23.8. The summed E-state index contributed by atoms with van der Waals surface area (Å²) in [6.07, 6.45) is -14.2. The van der Waals surface area contributed by atoms with Gasteiger partial charge in [-0.1, -0.05) is 58.0 Å². The lowest BCUT2D eigenvalue weighted by Gasteiger charge is -2.34. The second-order valence-corrected chi connectivity index (χ2v) is 18.6. The van der Waals surface area contributed by atoms with E-state index in [0.717, 1.165) is 22.4 Å². The number of aliphatic hydroxyl groups excluding tert-OH is 4. The Labute approximate surface area is 418 Å². The van der Waals surface area contributed by atoms with Crippen LogP contribution in [-0.4, -0.2) is 195 Å². The van der Waals surface area contributed by atoms with Crippen LogP contribution in [0.25, 0.3) is 0 Å². The Balaban J connectivity index is 1.30. The fourth-order valence-electron chi connectivity index (χ4n) is 8.54. The first kappa shape index (κ1) is 57.8. The molecule has 73 heavy (non-hydrogen) atoms. The summed E-state index contributed by atoms with van der Waals surface area (Å²) in [5, 5.41) is 94.7. The Kier molecular flexibility index (Phi) is 21.2. The molecule has 3 aliphatic heterocycles. The summed E-state index contributed by atoms with van der Waals surface area (Å²) in [5.41, 5.74) is -0.831. The molecule has 7 unspecified atom stereocenters. The third-order valence-corrected chi connectivity index (χ3v) is 12.6. The molecule has 4 heterocycles. The topological polar surface area (TPSA) is 419 Å². The van der Waals surface area contributed by atoms with Crippen LogP contribution in [0.4, 0.5) is 4.79 Å². The maximum atomic E-state index is 14.0. The number of nitrogens with zero attached hydrogens (tertiary/aromatic N) is 1. The molecule has 16 N–H and O–H groups in total. The maximum absolute atomic E-state index is 14.0. The van der Waals surface area contributed by atoms with E-state index in [9.17, 15) is 64.2 Å². The number of carboxylic acids is 2. The second-order valence-electron chi connectivity index (χ2n) is 18.6. The van der Waals surface area contributed by atoms with Crippen molar-refractivity contribution in [1.29, 1.82) is 5.41 Å². The van der Waals surface area contributed by atoms with Crippen molar-refractivity contribution in [2.45, 2.75) is 139 Å². The molecule has 0 radical (unpaired) electrons. The van der Waals surface area contributed by atoms with Crippen LogP contribution >= 0.6 is 0 Å². The second kappa shape index (κ2) is 26.7. The number of urea groups is 1. The van der Waals surface area contributed by atoms with Crippen molar-refractivity contribution in [1.82, 2.24) is 52.1 Å². The van der Waals surface area contributed by atoms with Crippen LogP contribution in [0.2, 0.25) is 0 Å². The number of hydrogen-bond acceptors (Lipinski definition) is 18. The summed E-state index contributed by atoms with van der Waals surface area (Å²) in [6, 6.07) is 2.16. The van der Waals surface area contributed by atoms with Crippen molar-refractivity contribution in [3.8, 4) is 0 Å². The summed E-state index contributed by atoms with van der Waals surface area (Å²) in [4.78, 5) is 92.4. The van der Waals surface area contributed by atoms with Gasteiger partial charge < -0.3 is 92.1 Å². The lowest BCUT2D eigenvalue weighted by Crippen LogP contribution is -2.67. The number of guanidine groups is 1. The number of hydrogen-bond donors (Lipinski definition) is 16. The van der Waals surface area contributed by atoms with E-state index in [-0.39, 0.29) is 45.0 Å². The molecule has 4 amide bonds. The van der Waals surface area contributed by atoms with Gasteiger partial charge in [0.25, 0.3) is 5.56 Å². The fraction of sp³-hybridized carbons (Fsp3) is 0.644. The molecule has 406 valence electrons. The van der Waals surface area contributed by atoms with Crippen molar-refractivity contribution in [2.75, 3.05) is 33.3 Å². The number of carbonyl (C=O) groups is 5. The van der Waals surface area contributed by atoms with Crippen molar-refractivity contribution in [3.05, 3.63) is 69.0 Å². The van der Waals surface area contributed by atoms with Crippen molar-refractivity contribution >= 4 is 35.7 Å². The van der Waals surface area contributed by atoms with Crippen LogP contribution < -0.4 is 53.8 Å².